The summed E-state index contributed by atoms with van der Waals surface area (Å²) < 4.78 is 7.85. The summed E-state index contributed by atoms with van der Waals surface area (Å²) in [6, 6.07) is 12.7. The van der Waals surface area contributed by atoms with E-state index < -0.39 is 0 Å². The molecule has 148 valence electrons. The molecular weight excluding hydrogens is 456 g/mol. The second kappa shape index (κ2) is 8.30. The number of thioether (sulfide) groups is 1. The van der Waals surface area contributed by atoms with E-state index in [1.54, 1.807) is 18.4 Å². The van der Waals surface area contributed by atoms with Crippen molar-refractivity contribution in [3.05, 3.63) is 75.0 Å². The lowest BCUT2D eigenvalue weighted by Gasteiger charge is -2.11. The van der Waals surface area contributed by atoms with Crippen molar-refractivity contribution in [2.24, 2.45) is 0 Å². The van der Waals surface area contributed by atoms with Crippen molar-refractivity contribution in [2.45, 2.75) is 18.6 Å². The molecule has 29 heavy (non-hydrogen) atoms. The highest BCUT2D eigenvalue weighted by molar-refractivity contribution is 9.10. The van der Waals surface area contributed by atoms with Crippen LogP contribution in [0.1, 0.15) is 11.5 Å². The molecule has 0 radical (unpaired) electrons. The predicted molar refractivity (Wildman–Crippen MR) is 116 cm³/mol. The topological polar surface area (TPSA) is 92.9 Å². The Morgan fingerprint density at radius 1 is 1.31 bits per heavy atom. The number of rotatable bonds is 6. The fourth-order valence-electron chi connectivity index (χ4n) is 2.88. The molecule has 0 saturated carbocycles. The molecule has 0 aliphatic heterocycles. The third-order valence-electron chi connectivity index (χ3n) is 4.19. The molecule has 0 bridgehead atoms. The summed E-state index contributed by atoms with van der Waals surface area (Å²) in [5.74, 6) is 0.578. The average molecular weight is 473 g/mol. The molecule has 2 N–H and O–H groups in total. The summed E-state index contributed by atoms with van der Waals surface area (Å²) in [6.07, 6.45) is 1.56. The quantitative estimate of drug-likeness (QED) is 0.324. The number of amides is 1. The van der Waals surface area contributed by atoms with Crippen LogP contribution in [0, 0.1) is 6.92 Å². The van der Waals surface area contributed by atoms with Gasteiger partial charge in [-0.25, -0.2) is 4.98 Å². The molecule has 4 aromatic rings. The number of anilines is 1. The first-order valence-corrected chi connectivity index (χ1v) is 10.6. The number of aryl methyl sites for hydroxylation is 1. The maximum Gasteiger partial charge on any atom is 0.278 e. The lowest BCUT2D eigenvalue weighted by Crippen LogP contribution is -2.24. The summed E-state index contributed by atoms with van der Waals surface area (Å²) in [5.41, 5.74) is 2.38. The lowest BCUT2D eigenvalue weighted by atomic mass is 10.3. The number of hydrogen-bond acceptors (Lipinski definition) is 5. The largest absolute Gasteiger partial charge is 0.467 e. The zero-order valence-corrected chi connectivity index (χ0v) is 17.8. The summed E-state index contributed by atoms with van der Waals surface area (Å²) >= 11 is 4.58. The standard InChI is InChI=1S/C20H17BrN4O3S/c1-12-9-16-18(22-12)19(27)25(10-15-3-2-8-28-15)20(24-16)29-11-17(26)23-14-6-4-13(21)5-7-14/h2-9,22H,10-11H2,1H3,(H,23,26). The van der Waals surface area contributed by atoms with Crippen LogP contribution >= 0.6 is 27.7 Å². The predicted octanol–water partition coefficient (Wildman–Crippen LogP) is 4.17. The van der Waals surface area contributed by atoms with Crippen molar-refractivity contribution in [3.8, 4) is 0 Å². The van der Waals surface area contributed by atoms with Crippen molar-refractivity contribution in [1.82, 2.24) is 14.5 Å². The van der Waals surface area contributed by atoms with Gasteiger partial charge in [0.25, 0.3) is 5.56 Å². The number of carbonyl (C=O) groups is 1. The molecule has 0 saturated heterocycles. The number of hydrogen-bond donors (Lipinski definition) is 2. The number of furan rings is 1. The van der Waals surface area contributed by atoms with Crippen molar-refractivity contribution in [2.75, 3.05) is 11.1 Å². The van der Waals surface area contributed by atoms with Gasteiger partial charge in [-0.2, -0.15) is 0 Å². The fraction of sp³-hybridized carbons (Fsp3) is 0.150. The van der Waals surface area contributed by atoms with Crippen LogP contribution in [0.25, 0.3) is 11.0 Å². The number of halogens is 1. The van der Waals surface area contributed by atoms with Gasteiger partial charge in [-0.15, -0.1) is 0 Å². The highest BCUT2D eigenvalue weighted by Gasteiger charge is 2.16. The molecule has 3 aromatic heterocycles. The number of benzene rings is 1. The van der Waals surface area contributed by atoms with Crippen LogP contribution in [0.3, 0.4) is 0 Å². The number of fused-ring (bicyclic) bond motifs is 1. The van der Waals surface area contributed by atoms with E-state index in [-0.39, 0.29) is 23.8 Å². The second-order valence-corrected chi connectivity index (χ2v) is 8.28. The number of nitrogens with one attached hydrogen (secondary N) is 2. The third-order valence-corrected chi connectivity index (χ3v) is 5.70. The van der Waals surface area contributed by atoms with Gasteiger partial charge in [0, 0.05) is 15.9 Å². The molecule has 1 amide bonds. The molecule has 0 aliphatic rings. The van der Waals surface area contributed by atoms with E-state index in [1.807, 2.05) is 37.3 Å². The average Bonchev–Trinajstić information content (AvgIpc) is 3.33. The zero-order chi connectivity index (χ0) is 20.4. The Bertz CT molecular complexity index is 1210. The van der Waals surface area contributed by atoms with E-state index in [1.165, 1.54) is 16.3 Å². The number of aromatic amines is 1. The third kappa shape index (κ3) is 4.46. The molecule has 3 heterocycles. The molecular formula is C20H17BrN4O3S. The number of H-pyrrole nitrogens is 1. The SMILES string of the molecule is Cc1cc2nc(SCC(=O)Nc3ccc(Br)cc3)n(Cc3ccco3)c(=O)c2[nH]1. The minimum Gasteiger partial charge on any atom is -0.467 e. The molecule has 0 atom stereocenters. The van der Waals surface area contributed by atoms with Gasteiger partial charge in [0.05, 0.1) is 24.1 Å². The molecule has 7 nitrogen and oxygen atoms in total. The Labute approximate surface area is 178 Å². The smallest absolute Gasteiger partial charge is 0.278 e. The van der Waals surface area contributed by atoms with Gasteiger partial charge in [0.15, 0.2) is 5.16 Å². The Morgan fingerprint density at radius 3 is 2.83 bits per heavy atom. The monoisotopic (exact) mass is 472 g/mol. The zero-order valence-electron chi connectivity index (χ0n) is 15.4. The minimum absolute atomic E-state index is 0.121. The van der Waals surface area contributed by atoms with Gasteiger partial charge < -0.3 is 14.7 Å². The summed E-state index contributed by atoms with van der Waals surface area (Å²) in [6.45, 7) is 2.11. The molecule has 1 aromatic carbocycles. The van der Waals surface area contributed by atoms with Crippen LogP contribution < -0.4 is 10.9 Å². The molecule has 0 spiro atoms. The molecule has 0 fully saturated rings. The highest BCUT2D eigenvalue weighted by atomic mass is 79.9. The van der Waals surface area contributed by atoms with E-state index in [0.29, 0.717) is 27.6 Å². The van der Waals surface area contributed by atoms with Crippen LogP contribution in [-0.4, -0.2) is 26.2 Å². The van der Waals surface area contributed by atoms with E-state index >= 15 is 0 Å². The van der Waals surface area contributed by atoms with Gasteiger partial charge in [-0.1, -0.05) is 27.7 Å². The molecule has 9 heteroatoms. The lowest BCUT2D eigenvalue weighted by molar-refractivity contribution is -0.113. The van der Waals surface area contributed by atoms with Crippen LogP contribution in [0.2, 0.25) is 0 Å². The summed E-state index contributed by atoms with van der Waals surface area (Å²) in [7, 11) is 0. The van der Waals surface area contributed by atoms with Crippen molar-refractivity contribution in [1.29, 1.82) is 0 Å². The maximum absolute atomic E-state index is 13.0. The molecule has 0 unspecified atom stereocenters. The van der Waals surface area contributed by atoms with Crippen LogP contribution in [0.4, 0.5) is 5.69 Å². The first-order chi connectivity index (χ1) is 14.0. The molecule has 4 rings (SSSR count). The van der Waals surface area contributed by atoms with E-state index in [0.717, 1.165) is 10.2 Å². The van der Waals surface area contributed by atoms with E-state index in [9.17, 15) is 9.59 Å². The first-order valence-electron chi connectivity index (χ1n) is 8.80. The Morgan fingerprint density at radius 2 is 2.10 bits per heavy atom. The van der Waals surface area contributed by atoms with Gasteiger partial charge in [-0.3, -0.25) is 14.2 Å². The Hall–Kier alpha value is -2.78. The van der Waals surface area contributed by atoms with Gasteiger partial charge in [0.1, 0.15) is 11.3 Å². The second-order valence-electron chi connectivity index (χ2n) is 6.42. The Balaban J connectivity index is 1.58. The van der Waals surface area contributed by atoms with Crippen molar-refractivity contribution in [3.63, 3.8) is 0 Å². The van der Waals surface area contributed by atoms with Crippen molar-refractivity contribution < 1.29 is 9.21 Å². The first kappa shape index (κ1) is 19.5. The van der Waals surface area contributed by atoms with Crippen molar-refractivity contribution >= 4 is 50.3 Å². The Kier molecular flexibility index (Phi) is 5.59. The number of nitrogens with zero attached hydrogens (tertiary/aromatic N) is 2. The van der Waals surface area contributed by atoms with E-state index in [2.05, 4.69) is 31.2 Å². The normalized spacial score (nSPS) is 11.1. The summed E-state index contributed by atoms with van der Waals surface area (Å²) in [5, 5.41) is 3.30. The molecule has 0 aliphatic carbocycles. The van der Waals surface area contributed by atoms with Crippen LogP contribution in [0.15, 0.2) is 67.6 Å². The minimum atomic E-state index is -0.199. The maximum atomic E-state index is 13.0. The highest BCUT2D eigenvalue weighted by Crippen LogP contribution is 2.20. The summed E-state index contributed by atoms with van der Waals surface area (Å²) in [4.78, 5) is 33.0. The van der Waals surface area contributed by atoms with Gasteiger partial charge in [-0.05, 0) is 49.4 Å². The number of aromatic nitrogens is 3. The van der Waals surface area contributed by atoms with Crippen LogP contribution in [0.5, 0.6) is 0 Å². The van der Waals surface area contributed by atoms with Crippen LogP contribution in [-0.2, 0) is 11.3 Å². The van der Waals surface area contributed by atoms with Gasteiger partial charge in [0.2, 0.25) is 5.91 Å². The fourth-order valence-corrected chi connectivity index (χ4v) is 3.94. The van der Waals surface area contributed by atoms with Gasteiger partial charge >= 0.3 is 0 Å². The van der Waals surface area contributed by atoms with E-state index in [4.69, 9.17) is 4.42 Å². The number of carbonyl (C=O) groups excluding carboxylic acids is 1.